The molecule has 186 valence electrons. The van der Waals surface area contributed by atoms with Gasteiger partial charge in [-0.3, -0.25) is 14.5 Å². The molecule has 1 saturated carbocycles. The van der Waals surface area contributed by atoms with Crippen molar-refractivity contribution in [3.05, 3.63) is 22.7 Å². The number of nitrogens with one attached hydrogen (secondary N) is 1. The summed E-state index contributed by atoms with van der Waals surface area (Å²) >= 11 is 1.76. The molecule has 0 aromatic carbocycles. The molecule has 2 aromatic heterocycles. The molecule has 0 spiro atoms. The number of carbonyl (C=O) groups is 2. The summed E-state index contributed by atoms with van der Waals surface area (Å²) in [4.78, 5) is 35.7. The fourth-order valence-corrected chi connectivity index (χ4v) is 6.86. The second-order valence-corrected chi connectivity index (χ2v) is 11.8. The highest BCUT2D eigenvalue weighted by Gasteiger charge is 2.48. The number of carbonyl (C=O) groups excluding carboxylic acids is 2. The lowest BCUT2D eigenvalue weighted by Crippen LogP contribution is -2.66. The van der Waals surface area contributed by atoms with Crippen LogP contribution in [0.1, 0.15) is 61.3 Å². The highest BCUT2D eigenvalue weighted by Crippen LogP contribution is 2.36. The van der Waals surface area contributed by atoms with E-state index in [9.17, 15) is 9.59 Å². The molecule has 2 aromatic rings. The van der Waals surface area contributed by atoms with Crippen LogP contribution < -0.4 is 5.32 Å². The number of piperazine rings is 1. The second-order valence-electron chi connectivity index (χ2n) is 10.6. The molecule has 2 aliphatic heterocycles. The third kappa shape index (κ3) is 4.40. The number of thiophene rings is 1. The molecule has 5 rings (SSSR count). The fourth-order valence-electron chi connectivity index (χ4n) is 5.81. The van der Waals surface area contributed by atoms with Gasteiger partial charge < -0.3 is 19.7 Å². The number of fused-ring (bicyclic) bond motifs is 3. The van der Waals surface area contributed by atoms with Crippen LogP contribution in [0.4, 0.5) is 0 Å². The van der Waals surface area contributed by atoms with Crippen molar-refractivity contribution < 1.29 is 9.59 Å². The predicted molar refractivity (Wildman–Crippen MR) is 138 cm³/mol. The van der Waals surface area contributed by atoms with Crippen molar-refractivity contribution in [2.45, 2.75) is 70.5 Å². The predicted octanol–water partition coefficient (Wildman–Crippen LogP) is 3.18. The Morgan fingerprint density at radius 2 is 1.85 bits per heavy atom. The van der Waals surface area contributed by atoms with Crippen LogP contribution in [0.3, 0.4) is 0 Å². The van der Waals surface area contributed by atoms with Crippen LogP contribution >= 0.6 is 11.3 Å². The molecule has 3 aliphatic rings. The highest BCUT2D eigenvalue weighted by atomic mass is 32.1. The summed E-state index contributed by atoms with van der Waals surface area (Å²) in [5.74, 6) is -0.00677. The second kappa shape index (κ2) is 9.63. The third-order valence-corrected chi connectivity index (χ3v) is 9.40. The van der Waals surface area contributed by atoms with E-state index in [0.29, 0.717) is 13.1 Å². The topological polar surface area (TPSA) is 60.8 Å². The molecule has 1 atom stereocenters. The maximum atomic E-state index is 13.9. The van der Waals surface area contributed by atoms with E-state index in [1.807, 2.05) is 17.9 Å². The molecule has 0 radical (unpaired) electrons. The molecule has 2 fully saturated rings. The molecule has 2 amide bonds. The zero-order valence-corrected chi connectivity index (χ0v) is 21.8. The number of hydrogen-bond acceptors (Lipinski definition) is 5. The van der Waals surface area contributed by atoms with Gasteiger partial charge in [-0.05, 0) is 45.4 Å². The number of likely N-dealkylation sites (N-methyl/N-ethyl adjacent to an activating group) is 1. The Bertz CT molecular complexity index is 1050. The number of rotatable bonds is 6. The lowest BCUT2D eigenvalue weighted by molar-refractivity contribution is -0.134. The summed E-state index contributed by atoms with van der Waals surface area (Å²) in [5.41, 5.74) is 0.930. The van der Waals surface area contributed by atoms with E-state index < -0.39 is 5.54 Å². The van der Waals surface area contributed by atoms with E-state index in [-0.39, 0.29) is 17.9 Å². The first-order valence-corrected chi connectivity index (χ1v) is 13.9. The average Bonchev–Trinajstić information content (AvgIpc) is 3.39. The number of amides is 2. The molecular formula is C26H39N5O2S. The zero-order chi connectivity index (χ0) is 23.9. The summed E-state index contributed by atoms with van der Waals surface area (Å²) in [6, 6.07) is 4.48. The Labute approximate surface area is 207 Å². The minimum atomic E-state index is -0.894. The fraction of sp³-hybridized carbons (Fsp3) is 0.692. The van der Waals surface area contributed by atoms with E-state index in [4.69, 9.17) is 0 Å². The minimum Gasteiger partial charge on any atom is -0.351 e. The van der Waals surface area contributed by atoms with Crippen molar-refractivity contribution in [1.82, 2.24) is 24.6 Å². The standard InChI is InChI=1S/C26H39N5O2S/c1-4-20-16-21-23(34-20)17-22-24(32)31(15-14-29-12-10-28(3)11-13-29)26(2,18-30(21)22)25(33)27-19-8-6-5-7-9-19/h16-17,19H,4-15,18H2,1-3H3,(H,27,33)/t26-/m0/s1. The van der Waals surface area contributed by atoms with Crippen LogP contribution in [0.15, 0.2) is 12.1 Å². The Kier molecular flexibility index (Phi) is 6.75. The first kappa shape index (κ1) is 23.8. The van der Waals surface area contributed by atoms with E-state index in [2.05, 4.69) is 39.7 Å². The molecule has 7 nitrogen and oxygen atoms in total. The Hall–Kier alpha value is -1.90. The zero-order valence-electron chi connectivity index (χ0n) is 20.9. The van der Waals surface area contributed by atoms with Gasteiger partial charge >= 0.3 is 0 Å². The molecule has 4 heterocycles. The van der Waals surface area contributed by atoms with Gasteiger partial charge in [-0.15, -0.1) is 11.3 Å². The Morgan fingerprint density at radius 1 is 1.12 bits per heavy atom. The molecule has 0 unspecified atom stereocenters. The van der Waals surface area contributed by atoms with Gasteiger partial charge in [0.15, 0.2) is 0 Å². The van der Waals surface area contributed by atoms with Gasteiger partial charge in [0.1, 0.15) is 11.2 Å². The first-order chi connectivity index (χ1) is 16.4. The van der Waals surface area contributed by atoms with E-state index in [1.54, 1.807) is 11.3 Å². The lowest BCUT2D eigenvalue weighted by atomic mass is 9.91. The summed E-state index contributed by atoms with van der Waals surface area (Å²) in [6.07, 6.45) is 6.66. The SMILES string of the molecule is CCc1cc2c(cc3n2C[C@@](C)(C(=O)NC2CCCCC2)N(CCN2CCN(C)CC2)C3=O)s1. The van der Waals surface area contributed by atoms with Gasteiger partial charge in [-0.1, -0.05) is 26.2 Å². The van der Waals surface area contributed by atoms with Gasteiger partial charge in [0.2, 0.25) is 5.91 Å². The van der Waals surface area contributed by atoms with Crippen molar-refractivity contribution in [2.75, 3.05) is 46.3 Å². The largest absolute Gasteiger partial charge is 0.351 e. The van der Waals surface area contributed by atoms with Crippen LogP contribution in [-0.4, -0.2) is 89.0 Å². The van der Waals surface area contributed by atoms with Crippen molar-refractivity contribution >= 4 is 33.4 Å². The Morgan fingerprint density at radius 3 is 2.56 bits per heavy atom. The maximum Gasteiger partial charge on any atom is 0.271 e. The van der Waals surface area contributed by atoms with Crippen LogP contribution in [-0.2, 0) is 17.8 Å². The van der Waals surface area contributed by atoms with Crippen LogP contribution in [0.2, 0.25) is 0 Å². The van der Waals surface area contributed by atoms with E-state index in [0.717, 1.165) is 67.9 Å². The highest BCUT2D eigenvalue weighted by molar-refractivity contribution is 7.19. The molecule has 1 aliphatic carbocycles. The smallest absolute Gasteiger partial charge is 0.271 e. The molecule has 0 bridgehead atoms. The van der Waals surface area contributed by atoms with Crippen molar-refractivity contribution in [1.29, 1.82) is 0 Å². The Balaban J connectivity index is 1.43. The van der Waals surface area contributed by atoms with E-state index in [1.165, 1.54) is 24.1 Å². The van der Waals surface area contributed by atoms with Crippen molar-refractivity contribution in [3.8, 4) is 0 Å². The summed E-state index contributed by atoms with van der Waals surface area (Å²) in [6.45, 7) is 10.2. The number of aryl methyl sites for hydroxylation is 1. The molecule has 8 heteroatoms. The van der Waals surface area contributed by atoms with Gasteiger partial charge in [0.05, 0.1) is 16.8 Å². The molecular weight excluding hydrogens is 446 g/mol. The van der Waals surface area contributed by atoms with Crippen molar-refractivity contribution in [3.63, 3.8) is 0 Å². The molecule has 34 heavy (non-hydrogen) atoms. The lowest BCUT2D eigenvalue weighted by Gasteiger charge is -2.45. The third-order valence-electron chi connectivity index (χ3n) is 8.18. The molecule has 1 saturated heterocycles. The number of hydrogen-bond donors (Lipinski definition) is 1. The maximum absolute atomic E-state index is 13.9. The van der Waals surface area contributed by atoms with Crippen LogP contribution in [0.5, 0.6) is 0 Å². The normalized spacial score (nSPS) is 25.1. The summed E-state index contributed by atoms with van der Waals surface area (Å²) in [7, 11) is 2.15. The summed E-state index contributed by atoms with van der Waals surface area (Å²) in [5, 5.41) is 3.35. The van der Waals surface area contributed by atoms with Gasteiger partial charge in [0.25, 0.3) is 5.91 Å². The number of aromatic nitrogens is 1. The average molecular weight is 486 g/mol. The number of nitrogens with zero attached hydrogens (tertiary/aromatic N) is 4. The van der Waals surface area contributed by atoms with Gasteiger partial charge in [0, 0.05) is 50.2 Å². The monoisotopic (exact) mass is 485 g/mol. The van der Waals surface area contributed by atoms with Crippen molar-refractivity contribution in [2.24, 2.45) is 0 Å². The van der Waals surface area contributed by atoms with E-state index >= 15 is 0 Å². The molecule has 1 N–H and O–H groups in total. The quantitative estimate of drug-likeness (QED) is 0.683. The van der Waals surface area contributed by atoms with Crippen LogP contribution in [0.25, 0.3) is 10.2 Å². The summed E-state index contributed by atoms with van der Waals surface area (Å²) < 4.78 is 3.26. The minimum absolute atomic E-state index is 0.00423. The first-order valence-electron chi connectivity index (χ1n) is 13.0. The van der Waals surface area contributed by atoms with Gasteiger partial charge in [-0.25, -0.2) is 0 Å². The van der Waals surface area contributed by atoms with Gasteiger partial charge in [-0.2, -0.15) is 0 Å². The van der Waals surface area contributed by atoms with Crippen LogP contribution in [0, 0.1) is 0 Å².